The standard InChI is InChI=1S/C27H36N2O5/c1-6-32-24-14-20-11-12-29(17-26(30)28-21-10-9-18(4)19(5)13-21)23(16-27(31)34-8-3)22(20)15-25(24)33-7-2/h9-10,13-15,23H,6-8,11-12,16-17H2,1-5H3,(H,28,30)/t23-/m1/s1. The summed E-state index contributed by atoms with van der Waals surface area (Å²) in [7, 11) is 0. The topological polar surface area (TPSA) is 77.1 Å². The van der Waals surface area contributed by atoms with E-state index in [2.05, 4.69) is 5.32 Å². The Balaban J connectivity index is 1.86. The summed E-state index contributed by atoms with van der Waals surface area (Å²) in [6, 6.07) is 9.55. The number of carbonyl (C=O) groups excluding carboxylic acids is 2. The number of rotatable bonds is 10. The summed E-state index contributed by atoms with van der Waals surface area (Å²) in [6.45, 7) is 11.9. The number of esters is 1. The van der Waals surface area contributed by atoms with E-state index >= 15 is 0 Å². The van der Waals surface area contributed by atoms with Crippen molar-refractivity contribution < 1.29 is 23.8 Å². The SMILES string of the molecule is CCOC(=O)C[C@@H]1c2cc(OCC)c(OCC)cc2CCN1CC(=O)Nc1ccc(C)c(C)c1. The molecule has 7 heteroatoms. The maximum absolute atomic E-state index is 12.9. The van der Waals surface area contributed by atoms with E-state index in [0.717, 1.165) is 28.8 Å². The molecule has 0 saturated carbocycles. The highest BCUT2D eigenvalue weighted by molar-refractivity contribution is 5.92. The van der Waals surface area contributed by atoms with E-state index in [9.17, 15) is 9.59 Å². The lowest BCUT2D eigenvalue weighted by atomic mass is 9.90. The fourth-order valence-corrected chi connectivity index (χ4v) is 4.31. The van der Waals surface area contributed by atoms with Gasteiger partial charge < -0.3 is 19.5 Å². The first kappa shape index (κ1) is 25.6. The molecule has 0 aliphatic carbocycles. The van der Waals surface area contributed by atoms with Crippen LogP contribution in [0, 0.1) is 13.8 Å². The lowest BCUT2D eigenvalue weighted by Crippen LogP contribution is -2.41. The first-order valence-electron chi connectivity index (χ1n) is 12.0. The lowest BCUT2D eigenvalue weighted by Gasteiger charge is -2.37. The molecule has 1 amide bonds. The van der Waals surface area contributed by atoms with E-state index in [-0.39, 0.29) is 30.9 Å². The van der Waals surface area contributed by atoms with E-state index in [1.165, 1.54) is 5.56 Å². The molecule has 2 aromatic rings. The summed E-state index contributed by atoms with van der Waals surface area (Å²) >= 11 is 0. The van der Waals surface area contributed by atoms with Crippen LogP contribution in [0.5, 0.6) is 11.5 Å². The Morgan fingerprint density at radius 2 is 1.68 bits per heavy atom. The van der Waals surface area contributed by atoms with Crippen LogP contribution in [0.25, 0.3) is 0 Å². The van der Waals surface area contributed by atoms with Gasteiger partial charge in [-0.15, -0.1) is 0 Å². The van der Waals surface area contributed by atoms with Crippen LogP contribution in [0.3, 0.4) is 0 Å². The number of aryl methyl sites for hydroxylation is 2. The summed E-state index contributed by atoms with van der Waals surface area (Å²) in [5, 5.41) is 3.00. The zero-order chi connectivity index (χ0) is 24.7. The molecule has 0 saturated heterocycles. The molecule has 34 heavy (non-hydrogen) atoms. The van der Waals surface area contributed by atoms with Gasteiger partial charge in [0.2, 0.25) is 5.91 Å². The normalized spacial score (nSPS) is 15.4. The minimum Gasteiger partial charge on any atom is -0.490 e. The van der Waals surface area contributed by atoms with Crippen LogP contribution < -0.4 is 14.8 Å². The van der Waals surface area contributed by atoms with Crippen LogP contribution in [-0.4, -0.2) is 49.7 Å². The zero-order valence-corrected chi connectivity index (χ0v) is 20.9. The fraction of sp³-hybridized carbons (Fsp3) is 0.481. The van der Waals surface area contributed by atoms with Gasteiger partial charge in [-0.3, -0.25) is 14.5 Å². The molecule has 1 aliphatic rings. The predicted octanol–water partition coefficient (Wildman–Crippen LogP) is 4.59. The Kier molecular flexibility index (Phi) is 8.93. The zero-order valence-electron chi connectivity index (χ0n) is 20.9. The van der Waals surface area contributed by atoms with Crippen molar-refractivity contribution in [1.82, 2.24) is 4.90 Å². The van der Waals surface area contributed by atoms with E-state index in [4.69, 9.17) is 14.2 Å². The van der Waals surface area contributed by atoms with Crippen LogP contribution in [-0.2, 0) is 20.7 Å². The largest absolute Gasteiger partial charge is 0.490 e. The number of nitrogens with zero attached hydrogens (tertiary/aromatic N) is 1. The number of fused-ring (bicyclic) bond motifs is 1. The molecule has 0 fully saturated rings. The monoisotopic (exact) mass is 468 g/mol. The molecule has 1 heterocycles. The second-order valence-electron chi connectivity index (χ2n) is 8.46. The molecule has 1 N–H and O–H groups in total. The van der Waals surface area contributed by atoms with Crippen molar-refractivity contribution in [3.63, 3.8) is 0 Å². The third-order valence-corrected chi connectivity index (χ3v) is 6.08. The summed E-state index contributed by atoms with van der Waals surface area (Å²) in [4.78, 5) is 27.5. The van der Waals surface area contributed by atoms with Crippen molar-refractivity contribution in [3.05, 3.63) is 52.6 Å². The van der Waals surface area contributed by atoms with Gasteiger partial charge in [0, 0.05) is 18.3 Å². The number of hydrogen-bond acceptors (Lipinski definition) is 6. The first-order valence-corrected chi connectivity index (χ1v) is 12.0. The van der Waals surface area contributed by atoms with Gasteiger partial charge in [-0.1, -0.05) is 6.07 Å². The molecule has 2 aromatic carbocycles. The number of carbonyl (C=O) groups is 2. The molecule has 7 nitrogen and oxygen atoms in total. The van der Waals surface area contributed by atoms with E-state index in [0.29, 0.717) is 37.9 Å². The van der Waals surface area contributed by atoms with Gasteiger partial charge in [-0.2, -0.15) is 0 Å². The van der Waals surface area contributed by atoms with Gasteiger partial charge in [-0.05, 0) is 87.6 Å². The molecular formula is C27H36N2O5. The van der Waals surface area contributed by atoms with Gasteiger partial charge in [0.15, 0.2) is 11.5 Å². The van der Waals surface area contributed by atoms with Crippen molar-refractivity contribution >= 4 is 17.6 Å². The van der Waals surface area contributed by atoms with Crippen molar-refractivity contribution in [1.29, 1.82) is 0 Å². The van der Waals surface area contributed by atoms with Crippen molar-refractivity contribution in [2.45, 2.75) is 53.5 Å². The smallest absolute Gasteiger partial charge is 0.307 e. The molecule has 0 aromatic heterocycles. The maximum atomic E-state index is 12.9. The number of benzene rings is 2. The number of nitrogens with one attached hydrogen (secondary N) is 1. The summed E-state index contributed by atoms with van der Waals surface area (Å²) in [5.74, 6) is 0.959. The number of ether oxygens (including phenoxy) is 3. The second kappa shape index (κ2) is 11.9. The van der Waals surface area contributed by atoms with Crippen LogP contribution in [0.4, 0.5) is 5.69 Å². The molecule has 0 radical (unpaired) electrons. The molecule has 1 atom stereocenters. The Bertz CT molecular complexity index is 1020. The number of hydrogen-bond donors (Lipinski definition) is 1. The van der Waals surface area contributed by atoms with Crippen molar-refractivity contribution in [3.8, 4) is 11.5 Å². The Hall–Kier alpha value is -3.06. The second-order valence-corrected chi connectivity index (χ2v) is 8.46. The van der Waals surface area contributed by atoms with Gasteiger partial charge in [0.25, 0.3) is 0 Å². The van der Waals surface area contributed by atoms with E-state index in [1.54, 1.807) is 6.92 Å². The summed E-state index contributed by atoms with van der Waals surface area (Å²) in [6.07, 6.45) is 0.912. The minimum atomic E-state index is -0.289. The minimum absolute atomic E-state index is 0.114. The van der Waals surface area contributed by atoms with E-state index < -0.39 is 0 Å². The molecule has 184 valence electrons. The van der Waals surface area contributed by atoms with Crippen LogP contribution >= 0.6 is 0 Å². The van der Waals surface area contributed by atoms with Gasteiger partial charge in [0.1, 0.15) is 0 Å². The Morgan fingerprint density at radius 3 is 2.32 bits per heavy atom. The average molecular weight is 469 g/mol. The van der Waals surface area contributed by atoms with Gasteiger partial charge in [0.05, 0.1) is 32.8 Å². The number of anilines is 1. The van der Waals surface area contributed by atoms with Crippen LogP contribution in [0.2, 0.25) is 0 Å². The van der Waals surface area contributed by atoms with E-state index in [1.807, 2.05) is 62.9 Å². The quantitative estimate of drug-likeness (QED) is 0.514. The summed E-state index contributed by atoms with van der Waals surface area (Å²) < 4.78 is 16.9. The lowest BCUT2D eigenvalue weighted by molar-refractivity contribution is -0.145. The third kappa shape index (κ3) is 6.29. The molecular weight excluding hydrogens is 432 g/mol. The molecule has 0 spiro atoms. The third-order valence-electron chi connectivity index (χ3n) is 6.08. The molecule has 3 rings (SSSR count). The fourth-order valence-electron chi connectivity index (χ4n) is 4.31. The Labute approximate surface area is 202 Å². The molecule has 0 bridgehead atoms. The summed E-state index contributed by atoms with van der Waals surface area (Å²) in [5.41, 5.74) is 5.15. The average Bonchev–Trinajstić information content (AvgIpc) is 2.79. The molecule has 1 aliphatic heterocycles. The first-order chi connectivity index (χ1) is 16.4. The van der Waals surface area contributed by atoms with Crippen LogP contribution in [0.1, 0.15) is 55.5 Å². The van der Waals surface area contributed by atoms with Gasteiger partial charge >= 0.3 is 5.97 Å². The number of amides is 1. The van der Waals surface area contributed by atoms with Crippen LogP contribution in [0.15, 0.2) is 30.3 Å². The van der Waals surface area contributed by atoms with Gasteiger partial charge in [-0.25, -0.2) is 0 Å². The highest BCUT2D eigenvalue weighted by atomic mass is 16.5. The maximum Gasteiger partial charge on any atom is 0.307 e. The highest BCUT2D eigenvalue weighted by Crippen LogP contribution is 2.40. The molecule has 0 unspecified atom stereocenters. The van der Waals surface area contributed by atoms with Crippen molar-refractivity contribution in [2.75, 3.05) is 38.2 Å². The Morgan fingerprint density at radius 1 is 0.971 bits per heavy atom. The van der Waals surface area contributed by atoms with Crippen molar-refractivity contribution in [2.24, 2.45) is 0 Å². The highest BCUT2D eigenvalue weighted by Gasteiger charge is 2.32. The predicted molar refractivity (Wildman–Crippen MR) is 133 cm³/mol.